The Morgan fingerprint density at radius 2 is 1.93 bits per heavy atom. The number of anilines is 1. The maximum Gasteiger partial charge on any atom is 0.226 e. The summed E-state index contributed by atoms with van der Waals surface area (Å²) in [5, 5.41) is 6.89. The van der Waals surface area contributed by atoms with Crippen LogP contribution in [-0.4, -0.2) is 45.7 Å². The molecule has 1 aliphatic carbocycles. The molecule has 1 heterocycles. The first-order valence-electron chi connectivity index (χ1n) is 10.5. The number of carbonyl (C=O) groups excluding carboxylic acids is 1. The van der Waals surface area contributed by atoms with Crippen LogP contribution in [0, 0.1) is 5.41 Å². The van der Waals surface area contributed by atoms with Gasteiger partial charge in [-0.25, -0.2) is 0 Å². The number of amides is 1. The highest BCUT2D eigenvalue weighted by Gasteiger charge is 2.36. The number of aliphatic imine (C=N–C) groups is 1. The predicted molar refractivity (Wildman–Crippen MR) is 129 cm³/mol. The summed E-state index contributed by atoms with van der Waals surface area (Å²) in [5.74, 6) is 1.07. The lowest BCUT2D eigenvalue weighted by Crippen LogP contribution is -2.46. The molecule has 29 heavy (non-hydrogen) atoms. The van der Waals surface area contributed by atoms with Crippen LogP contribution < -0.4 is 15.5 Å². The Morgan fingerprint density at radius 3 is 2.52 bits per heavy atom. The second-order valence-corrected chi connectivity index (χ2v) is 8.04. The van der Waals surface area contributed by atoms with E-state index in [0.29, 0.717) is 18.4 Å². The molecule has 0 bridgehead atoms. The van der Waals surface area contributed by atoms with Crippen molar-refractivity contribution in [2.75, 3.05) is 38.8 Å². The van der Waals surface area contributed by atoms with Crippen LogP contribution in [0.5, 0.6) is 0 Å². The minimum absolute atomic E-state index is 0. The molecule has 3 rings (SSSR count). The Hall–Kier alpha value is -1.35. The van der Waals surface area contributed by atoms with Crippen molar-refractivity contribution in [1.29, 1.82) is 0 Å². The van der Waals surface area contributed by atoms with E-state index in [1.54, 1.807) is 7.11 Å². The van der Waals surface area contributed by atoms with E-state index in [4.69, 9.17) is 4.74 Å². The molecule has 2 aliphatic rings. The van der Waals surface area contributed by atoms with Gasteiger partial charge in [-0.05, 0) is 55.2 Å². The lowest BCUT2D eigenvalue weighted by Gasteiger charge is -2.42. The zero-order valence-electron chi connectivity index (χ0n) is 17.7. The normalized spacial score (nSPS) is 18.6. The topological polar surface area (TPSA) is 66.0 Å². The summed E-state index contributed by atoms with van der Waals surface area (Å²) >= 11 is 0. The van der Waals surface area contributed by atoms with Crippen molar-refractivity contribution >= 4 is 41.5 Å². The smallest absolute Gasteiger partial charge is 0.226 e. The summed E-state index contributed by atoms with van der Waals surface area (Å²) in [7, 11) is 3.58. The maximum atomic E-state index is 12.1. The van der Waals surface area contributed by atoms with Crippen molar-refractivity contribution < 1.29 is 9.53 Å². The van der Waals surface area contributed by atoms with Crippen molar-refractivity contribution in [3.8, 4) is 0 Å². The highest BCUT2D eigenvalue weighted by molar-refractivity contribution is 14.0. The number of benzene rings is 1. The van der Waals surface area contributed by atoms with Gasteiger partial charge in [-0.15, -0.1) is 24.0 Å². The molecule has 1 aliphatic heterocycles. The van der Waals surface area contributed by atoms with E-state index >= 15 is 0 Å². The molecule has 0 spiro atoms. The molecule has 0 unspecified atom stereocenters. The first-order chi connectivity index (χ1) is 13.7. The van der Waals surface area contributed by atoms with Gasteiger partial charge in [-0.2, -0.15) is 0 Å². The van der Waals surface area contributed by atoms with E-state index < -0.39 is 0 Å². The number of piperidine rings is 1. The van der Waals surface area contributed by atoms with Crippen LogP contribution in [0.15, 0.2) is 29.3 Å². The molecule has 1 saturated heterocycles. The predicted octanol–water partition coefficient (Wildman–Crippen LogP) is 3.69. The number of nitrogens with one attached hydrogen (secondary N) is 2. The van der Waals surface area contributed by atoms with Gasteiger partial charge in [0.15, 0.2) is 5.96 Å². The molecule has 2 fully saturated rings. The van der Waals surface area contributed by atoms with Crippen molar-refractivity contribution in [3.63, 3.8) is 0 Å². The SMILES string of the molecule is CN=C(NCc1ccc(N2CCCCC2=O)cc1)NCC1(CCOC)CCC1.I. The van der Waals surface area contributed by atoms with Crippen molar-refractivity contribution in [2.24, 2.45) is 10.4 Å². The molecule has 1 amide bonds. The molecule has 1 saturated carbocycles. The number of carbonyl (C=O) groups is 1. The molecular weight excluding hydrogens is 479 g/mol. The number of methoxy groups -OCH3 is 1. The zero-order valence-corrected chi connectivity index (χ0v) is 20.0. The van der Waals surface area contributed by atoms with Gasteiger partial charge in [-0.3, -0.25) is 9.79 Å². The summed E-state index contributed by atoms with van der Waals surface area (Å²) in [5.41, 5.74) is 2.53. The maximum absolute atomic E-state index is 12.1. The van der Waals surface area contributed by atoms with Gasteiger partial charge in [0.05, 0.1) is 0 Å². The first-order valence-corrected chi connectivity index (χ1v) is 10.5. The van der Waals surface area contributed by atoms with Gasteiger partial charge in [0.25, 0.3) is 0 Å². The summed E-state index contributed by atoms with van der Waals surface area (Å²) in [6.07, 6.45) is 7.69. The number of ether oxygens (including phenoxy) is 1. The standard InChI is InChI=1S/C22H34N4O2.HI/c1-23-21(25-17-22(11-5-12-22)13-15-28-2)24-16-18-7-9-19(10-8-18)26-14-4-3-6-20(26)27;/h7-10H,3-6,11-17H2,1-2H3,(H2,23,24,25);1H. The number of guanidine groups is 1. The largest absolute Gasteiger partial charge is 0.385 e. The monoisotopic (exact) mass is 514 g/mol. The van der Waals surface area contributed by atoms with Crippen LogP contribution in [0.25, 0.3) is 0 Å². The fourth-order valence-electron chi connectivity index (χ4n) is 4.06. The van der Waals surface area contributed by atoms with E-state index in [1.165, 1.54) is 24.8 Å². The van der Waals surface area contributed by atoms with Crippen LogP contribution in [0.4, 0.5) is 5.69 Å². The summed E-state index contributed by atoms with van der Waals surface area (Å²) in [6.45, 7) is 3.29. The fraction of sp³-hybridized carbons (Fsp3) is 0.636. The lowest BCUT2D eigenvalue weighted by atomic mass is 9.67. The first kappa shape index (κ1) is 23.9. The average molecular weight is 514 g/mol. The molecule has 7 heteroatoms. The highest BCUT2D eigenvalue weighted by Crippen LogP contribution is 2.43. The Kier molecular flexibility index (Phi) is 9.68. The van der Waals surface area contributed by atoms with Gasteiger partial charge in [0.1, 0.15) is 0 Å². The third-order valence-corrected chi connectivity index (χ3v) is 6.14. The van der Waals surface area contributed by atoms with Gasteiger partial charge in [0, 0.05) is 52.5 Å². The third kappa shape index (κ3) is 6.57. The number of nitrogens with zero attached hydrogens (tertiary/aromatic N) is 2. The molecule has 2 N–H and O–H groups in total. The Bertz CT molecular complexity index is 674. The van der Waals surface area contributed by atoms with E-state index in [2.05, 4.69) is 27.8 Å². The Morgan fingerprint density at radius 1 is 1.17 bits per heavy atom. The Labute approximate surface area is 191 Å². The highest BCUT2D eigenvalue weighted by atomic mass is 127. The summed E-state index contributed by atoms with van der Waals surface area (Å²) in [6, 6.07) is 8.27. The molecule has 1 aromatic carbocycles. The molecular formula is C22H35IN4O2. The van der Waals surface area contributed by atoms with Gasteiger partial charge in [-0.1, -0.05) is 18.6 Å². The minimum atomic E-state index is 0. The van der Waals surface area contributed by atoms with Crippen molar-refractivity contribution in [3.05, 3.63) is 29.8 Å². The Balaban J connectivity index is 0.00000300. The summed E-state index contributed by atoms with van der Waals surface area (Å²) in [4.78, 5) is 18.3. The quantitative estimate of drug-likeness (QED) is 0.316. The zero-order chi connectivity index (χ0) is 19.8. The van der Waals surface area contributed by atoms with Gasteiger partial charge in [0.2, 0.25) is 5.91 Å². The molecule has 162 valence electrons. The van der Waals surface area contributed by atoms with Crippen LogP contribution in [0.1, 0.15) is 50.5 Å². The second kappa shape index (κ2) is 11.7. The summed E-state index contributed by atoms with van der Waals surface area (Å²) < 4.78 is 5.27. The van der Waals surface area contributed by atoms with E-state index in [-0.39, 0.29) is 29.9 Å². The lowest BCUT2D eigenvalue weighted by molar-refractivity contribution is -0.119. The molecule has 1 aromatic rings. The van der Waals surface area contributed by atoms with E-state index in [1.807, 2.05) is 24.1 Å². The van der Waals surface area contributed by atoms with Gasteiger partial charge < -0.3 is 20.3 Å². The van der Waals surface area contributed by atoms with Crippen LogP contribution in [0.2, 0.25) is 0 Å². The number of hydrogen-bond acceptors (Lipinski definition) is 3. The van der Waals surface area contributed by atoms with Crippen LogP contribution >= 0.6 is 24.0 Å². The molecule has 0 atom stereocenters. The molecule has 6 nitrogen and oxygen atoms in total. The second-order valence-electron chi connectivity index (χ2n) is 8.04. The molecule has 0 radical (unpaired) electrons. The van der Waals surface area contributed by atoms with Crippen molar-refractivity contribution in [2.45, 2.75) is 51.5 Å². The van der Waals surface area contributed by atoms with Crippen molar-refractivity contribution in [1.82, 2.24) is 10.6 Å². The number of hydrogen-bond donors (Lipinski definition) is 2. The third-order valence-electron chi connectivity index (χ3n) is 6.14. The van der Waals surface area contributed by atoms with Crippen LogP contribution in [-0.2, 0) is 16.1 Å². The molecule has 0 aromatic heterocycles. The van der Waals surface area contributed by atoms with Gasteiger partial charge >= 0.3 is 0 Å². The van der Waals surface area contributed by atoms with Crippen LogP contribution in [0.3, 0.4) is 0 Å². The minimum Gasteiger partial charge on any atom is -0.385 e. The fourth-order valence-corrected chi connectivity index (χ4v) is 4.06. The number of halogens is 1. The van der Waals surface area contributed by atoms with E-state index in [0.717, 1.165) is 50.6 Å². The van der Waals surface area contributed by atoms with E-state index in [9.17, 15) is 4.79 Å². The average Bonchev–Trinajstić information content (AvgIpc) is 2.70. The number of rotatable bonds is 8.